The highest BCUT2D eigenvalue weighted by molar-refractivity contribution is 6.30. The monoisotopic (exact) mass is 284 g/mol. The molecule has 0 bridgehead atoms. The van der Waals surface area contributed by atoms with E-state index in [4.69, 9.17) is 22.1 Å². The summed E-state index contributed by atoms with van der Waals surface area (Å²) >= 11 is 5.83. The number of nitrogens with two attached hydrogens (primary N) is 1. The molecule has 0 heterocycles. The largest absolute Gasteiger partial charge is 0.484 e. The van der Waals surface area contributed by atoms with Crippen molar-refractivity contribution in [1.29, 1.82) is 0 Å². The van der Waals surface area contributed by atoms with Gasteiger partial charge in [-0.05, 0) is 23.6 Å². The van der Waals surface area contributed by atoms with Crippen molar-refractivity contribution in [2.75, 3.05) is 13.2 Å². The maximum Gasteiger partial charge on any atom is 0.258 e. The third-order valence-electron chi connectivity index (χ3n) is 2.78. The van der Waals surface area contributed by atoms with Crippen LogP contribution in [-0.4, -0.2) is 25.1 Å². The van der Waals surface area contributed by atoms with E-state index in [9.17, 15) is 4.79 Å². The Labute approximate surface area is 119 Å². The van der Waals surface area contributed by atoms with Gasteiger partial charge in [-0.25, -0.2) is 0 Å². The van der Waals surface area contributed by atoms with Crippen LogP contribution in [0.25, 0.3) is 0 Å². The molecule has 0 fully saturated rings. The molecule has 1 aromatic carbocycles. The second-order valence-corrected chi connectivity index (χ2v) is 5.90. The van der Waals surface area contributed by atoms with Crippen molar-refractivity contribution in [3.8, 4) is 5.75 Å². The number of rotatable bonds is 5. The molecule has 1 aromatic rings. The zero-order valence-corrected chi connectivity index (χ0v) is 12.3. The van der Waals surface area contributed by atoms with Crippen molar-refractivity contribution in [1.82, 2.24) is 5.32 Å². The van der Waals surface area contributed by atoms with Gasteiger partial charge in [0.05, 0.1) is 0 Å². The molecule has 0 radical (unpaired) electrons. The summed E-state index contributed by atoms with van der Waals surface area (Å²) in [5, 5.41) is 3.45. The van der Waals surface area contributed by atoms with Gasteiger partial charge in [-0.1, -0.05) is 38.4 Å². The first-order valence-electron chi connectivity index (χ1n) is 6.20. The van der Waals surface area contributed by atoms with Gasteiger partial charge >= 0.3 is 0 Å². The standard InChI is InChI=1S/C14H21ClN2O2/c1-14(2,3)12(8-16)17-13(18)9-19-11-6-4-5-10(15)7-11/h4-7,12H,8-9,16H2,1-3H3,(H,17,18). The maximum atomic E-state index is 11.8. The minimum Gasteiger partial charge on any atom is -0.484 e. The Morgan fingerprint density at radius 2 is 2.16 bits per heavy atom. The lowest BCUT2D eigenvalue weighted by molar-refractivity contribution is -0.124. The van der Waals surface area contributed by atoms with Crippen molar-refractivity contribution in [3.63, 3.8) is 0 Å². The Morgan fingerprint density at radius 3 is 2.68 bits per heavy atom. The van der Waals surface area contributed by atoms with E-state index < -0.39 is 0 Å². The second kappa shape index (κ2) is 6.78. The third kappa shape index (κ3) is 5.49. The molecule has 1 amide bonds. The van der Waals surface area contributed by atoms with E-state index in [0.29, 0.717) is 17.3 Å². The molecule has 19 heavy (non-hydrogen) atoms. The predicted octanol–water partition coefficient (Wildman–Crippen LogP) is 2.21. The maximum absolute atomic E-state index is 11.8. The molecule has 5 heteroatoms. The van der Waals surface area contributed by atoms with Crippen molar-refractivity contribution < 1.29 is 9.53 Å². The fraction of sp³-hybridized carbons (Fsp3) is 0.500. The van der Waals surface area contributed by atoms with E-state index in [1.807, 2.05) is 20.8 Å². The first-order valence-corrected chi connectivity index (χ1v) is 6.58. The molecule has 0 saturated heterocycles. The van der Waals surface area contributed by atoms with Gasteiger partial charge in [0.25, 0.3) is 5.91 Å². The van der Waals surface area contributed by atoms with Crippen LogP contribution in [0.3, 0.4) is 0 Å². The molecule has 1 rings (SSSR count). The van der Waals surface area contributed by atoms with E-state index >= 15 is 0 Å². The van der Waals surface area contributed by atoms with E-state index in [1.54, 1.807) is 24.3 Å². The highest BCUT2D eigenvalue weighted by Gasteiger charge is 2.24. The minimum atomic E-state index is -0.189. The number of ether oxygens (including phenoxy) is 1. The number of halogens is 1. The Hall–Kier alpha value is -1.26. The fourth-order valence-electron chi connectivity index (χ4n) is 1.57. The summed E-state index contributed by atoms with van der Waals surface area (Å²) < 4.78 is 5.37. The molecule has 0 aromatic heterocycles. The van der Waals surface area contributed by atoms with Crippen LogP contribution in [0.15, 0.2) is 24.3 Å². The van der Waals surface area contributed by atoms with Crippen LogP contribution in [0.4, 0.5) is 0 Å². The topological polar surface area (TPSA) is 64.3 Å². The molecular weight excluding hydrogens is 264 g/mol. The van der Waals surface area contributed by atoms with Crippen LogP contribution < -0.4 is 15.8 Å². The van der Waals surface area contributed by atoms with Crippen molar-refractivity contribution in [2.45, 2.75) is 26.8 Å². The van der Waals surface area contributed by atoms with Crippen LogP contribution in [-0.2, 0) is 4.79 Å². The summed E-state index contributed by atoms with van der Waals surface area (Å²) in [5.74, 6) is 0.382. The van der Waals surface area contributed by atoms with Crippen LogP contribution >= 0.6 is 11.6 Å². The second-order valence-electron chi connectivity index (χ2n) is 5.47. The summed E-state index contributed by atoms with van der Waals surface area (Å²) in [6.07, 6.45) is 0. The van der Waals surface area contributed by atoms with Gasteiger partial charge in [0.1, 0.15) is 5.75 Å². The Balaban J connectivity index is 2.48. The SMILES string of the molecule is CC(C)(C)C(CN)NC(=O)COc1cccc(Cl)c1. The lowest BCUT2D eigenvalue weighted by atomic mass is 9.87. The van der Waals surface area contributed by atoms with Crippen molar-refractivity contribution in [3.05, 3.63) is 29.3 Å². The van der Waals surface area contributed by atoms with Gasteiger partial charge in [0.15, 0.2) is 6.61 Å². The smallest absolute Gasteiger partial charge is 0.258 e. The van der Waals surface area contributed by atoms with Gasteiger partial charge in [-0.3, -0.25) is 4.79 Å². The molecule has 4 nitrogen and oxygen atoms in total. The number of hydrogen-bond acceptors (Lipinski definition) is 3. The molecule has 0 aliphatic carbocycles. The highest BCUT2D eigenvalue weighted by atomic mass is 35.5. The molecular formula is C14H21ClN2O2. The normalized spacial score (nSPS) is 12.9. The summed E-state index contributed by atoms with van der Waals surface area (Å²) in [5.41, 5.74) is 5.58. The Kier molecular flexibility index (Phi) is 5.63. The number of amides is 1. The van der Waals surface area contributed by atoms with Crippen LogP contribution in [0, 0.1) is 5.41 Å². The van der Waals surface area contributed by atoms with Gasteiger partial charge in [-0.15, -0.1) is 0 Å². The van der Waals surface area contributed by atoms with E-state index in [-0.39, 0.29) is 24.0 Å². The molecule has 0 aliphatic rings. The van der Waals surface area contributed by atoms with Crippen LogP contribution in [0.1, 0.15) is 20.8 Å². The van der Waals surface area contributed by atoms with E-state index in [0.717, 1.165) is 0 Å². The number of nitrogens with one attached hydrogen (secondary N) is 1. The fourth-order valence-corrected chi connectivity index (χ4v) is 1.75. The van der Waals surface area contributed by atoms with Crippen molar-refractivity contribution >= 4 is 17.5 Å². The molecule has 1 atom stereocenters. The summed E-state index contributed by atoms with van der Waals surface area (Å²) in [6.45, 7) is 6.44. The average Bonchev–Trinajstić information content (AvgIpc) is 2.32. The first-order chi connectivity index (χ1) is 8.82. The molecule has 3 N–H and O–H groups in total. The summed E-state index contributed by atoms with van der Waals surface area (Å²) in [6, 6.07) is 6.86. The quantitative estimate of drug-likeness (QED) is 0.871. The zero-order valence-electron chi connectivity index (χ0n) is 11.6. The highest BCUT2D eigenvalue weighted by Crippen LogP contribution is 2.19. The van der Waals surface area contributed by atoms with Gasteiger partial charge in [-0.2, -0.15) is 0 Å². The number of carbonyl (C=O) groups is 1. The third-order valence-corrected chi connectivity index (χ3v) is 3.02. The summed E-state index contributed by atoms with van der Waals surface area (Å²) in [7, 11) is 0. The molecule has 0 aliphatic heterocycles. The number of hydrogen-bond donors (Lipinski definition) is 2. The van der Waals surface area contributed by atoms with E-state index in [2.05, 4.69) is 5.32 Å². The van der Waals surface area contributed by atoms with Gasteiger partial charge in [0, 0.05) is 17.6 Å². The summed E-state index contributed by atoms with van der Waals surface area (Å²) in [4.78, 5) is 11.8. The van der Waals surface area contributed by atoms with Gasteiger partial charge < -0.3 is 15.8 Å². The van der Waals surface area contributed by atoms with Crippen molar-refractivity contribution in [2.24, 2.45) is 11.1 Å². The van der Waals surface area contributed by atoms with Gasteiger partial charge in [0.2, 0.25) is 0 Å². The minimum absolute atomic E-state index is 0.0487. The predicted molar refractivity (Wildman–Crippen MR) is 77.4 cm³/mol. The lowest BCUT2D eigenvalue weighted by Gasteiger charge is -2.30. The number of benzene rings is 1. The van der Waals surface area contributed by atoms with Crippen LogP contribution in [0.5, 0.6) is 5.75 Å². The molecule has 106 valence electrons. The molecule has 1 unspecified atom stereocenters. The Bertz CT molecular complexity index is 430. The molecule has 0 spiro atoms. The Morgan fingerprint density at radius 1 is 1.47 bits per heavy atom. The number of carbonyl (C=O) groups excluding carboxylic acids is 1. The zero-order chi connectivity index (χ0) is 14.5. The van der Waals surface area contributed by atoms with E-state index in [1.165, 1.54) is 0 Å². The average molecular weight is 285 g/mol. The first kappa shape index (κ1) is 15.8. The van der Waals surface area contributed by atoms with Crippen LogP contribution in [0.2, 0.25) is 5.02 Å². The molecule has 0 saturated carbocycles. The lowest BCUT2D eigenvalue weighted by Crippen LogP contribution is -2.49.